The molecular formula is C26H32N2O4. The molecule has 0 aliphatic carbocycles. The van der Waals surface area contributed by atoms with Crippen LogP contribution in [-0.4, -0.2) is 42.9 Å². The van der Waals surface area contributed by atoms with Gasteiger partial charge in [0.25, 0.3) is 0 Å². The number of Topliss-reactive ketones (excluding diaryl/α,β-unsaturated/α-hetero) is 1. The molecular weight excluding hydrogens is 404 g/mol. The normalized spacial score (nSPS) is 16.2. The van der Waals surface area contributed by atoms with Gasteiger partial charge < -0.3 is 14.8 Å². The SMILES string of the molecule is O=C(CCC(=O)c1ccc2c(c1)OCCCO2)NCc1ccc(CN2CCCCC2)cc1. The lowest BCUT2D eigenvalue weighted by Crippen LogP contribution is -2.29. The molecule has 0 aromatic heterocycles. The molecule has 4 rings (SSSR count). The lowest BCUT2D eigenvalue weighted by atomic mass is 10.1. The Morgan fingerprint density at radius 3 is 2.31 bits per heavy atom. The van der Waals surface area contributed by atoms with Gasteiger partial charge in [-0.1, -0.05) is 30.7 Å². The Bertz CT molecular complexity index is 920. The fourth-order valence-corrected chi connectivity index (χ4v) is 4.14. The molecule has 2 heterocycles. The second-order valence-corrected chi connectivity index (χ2v) is 8.57. The standard InChI is InChI=1S/C26H32N2O4/c29-23(22-9-11-24-25(17-22)32-16-4-15-31-24)10-12-26(30)27-18-20-5-7-21(8-6-20)19-28-13-2-1-3-14-28/h5-9,11,17H,1-4,10,12-16,18-19H2,(H,27,30). The lowest BCUT2D eigenvalue weighted by molar-refractivity contribution is -0.121. The maximum Gasteiger partial charge on any atom is 0.220 e. The highest BCUT2D eigenvalue weighted by atomic mass is 16.5. The van der Waals surface area contributed by atoms with Crippen LogP contribution in [0.2, 0.25) is 0 Å². The largest absolute Gasteiger partial charge is 0.490 e. The van der Waals surface area contributed by atoms with Gasteiger partial charge in [0.15, 0.2) is 17.3 Å². The van der Waals surface area contributed by atoms with Gasteiger partial charge in [-0.3, -0.25) is 14.5 Å². The molecule has 170 valence electrons. The summed E-state index contributed by atoms with van der Waals surface area (Å²) in [5.41, 5.74) is 2.92. The molecule has 0 radical (unpaired) electrons. The van der Waals surface area contributed by atoms with Gasteiger partial charge in [-0.15, -0.1) is 0 Å². The van der Waals surface area contributed by atoms with Gasteiger partial charge in [0, 0.05) is 37.9 Å². The number of likely N-dealkylation sites (tertiary alicyclic amines) is 1. The van der Waals surface area contributed by atoms with Crippen molar-refractivity contribution in [3.05, 3.63) is 59.2 Å². The van der Waals surface area contributed by atoms with Gasteiger partial charge in [-0.2, -0.15) is 0 Å². The molecule has 32 heavy (non-hydrogen) atoms. The number of benzene rings is 2. The fraction of sp³-hybridized carbons (Fsp3) is 0.462. The summed E-state index contributed by atoms with van der Waals surface area (Å²) >= 11 is 0. The number of hydrogen-bond acceptors (Lipinski definition) is 5. The third kappa shape index (κ3) is 6.33. The third-order valence-corrected chi connectivity index (χ3v) is 6.02. The van der Waals surface area contributed by atoms with E-state index in [-0.39, 0.29) is 24.5 Å². The summed E-state index contributed by atoms with van der Waals surface area (Å²) < 4.78 is 11.2. The van der Waals surface area contributed by atoms with Crippen molar-refractivity contribution in [2.45, 2.75) is 51.6 Å². The quantitative estimate of drug-likeness (QED) is 0.631. The molecule has 1 saturated heterocycles. The van der Waals surface area contributed by atoms with Crippen LogP contribution in [-0.2, 0) is 17.9 Å². The molecule has 1 amide bonds. The molecule has 1 N–H and O–H groups in total. The van der Waals surface area contributed by atoms with Crippen LogP contribution in [0.3, 0.4) is 0 Å². The Kier molecular flexibility index (Phi) is 7.77. The smallest absolute Gasteiger partial charge is 0.220 e. The van der Waals surface area contributed by atoms with E-state index in [0.717, 1.165) is 18.5 Å². The predicted molar refractivity (Wildman–Crippen MR) is 123 cm³/mol. The summed E-state index contributed by atoms with van der Waals surface area (Å²) in [6.45, 7) is 5.02. The lowest BCUT2D eigenvalue weighted by Gasteiger charge is -2.26. The van der Waals surface area contributed by atoms with Crippen LogP contribution in [0.1, 0.15) is 60.0 Å². The van der Waals surface area contributed by atoms with E-state index < -0.39 is 0 Å². The van der Waals surface area contributed by atoms with Gasteiger partial charge in [0.05, 0.1) is 13.2 Å². The number of carbonyl (C=O) groups excluding carboxylic acids is 2. The topological polar surface area (TPSA) is 67.9 Å². The van der Waals surface area contributed by atoms with Crippen molar-refractivity contribution in [2.75, 3.05) is 26.3 Å². The number of amides is 1. The van der Waals surface area contributed by atoms with Gasteiger partial charge in [-0.25, -0.2) is 0 Å². The number of fused-ring (bicyclic) bond motifs is 1. The maximum absolute atomic E-state index is 12.5. The highest BCUT2D eigenvalue weighted by molar-refractivity contribution is 5.98. The first kappa shape index (κ1) is 22.3. The monoisotopic (exact) mass is 436 g/mol. The zero-order valence-electron chi connectivity index (χ0n) is 18.6. The first-order valence-corrected chi connectivity index (χ1v) is 11.7. The molecule has 2 aromatic rings. The Balaban J connectivity index is 1.20. The van der Waals surface area contributed by atoms with E-state index in [9.17, 15) is 9.59 Å². The minimum absolute atomic E-state index is 0.0714. The molecule has 6 nitrogen and oxygen atoms in total. The van der Waals surface area contributed by atoms with Crippen LogP contribution < -0.4 is 14.8 Å². The van der Waals surface area contributed by atoms with Crippen molar-refractivity contribution in [1.82, 2.24) is 10.2 Å². The van der Waals surface area contributed by atoms with E-state index in [0.29, 0.717) is 36.8 Å². The van der Waals surface area contributed by atoms with Gasteiger partial charge >= 0.3 is 0 Å². The van der Waals surface area contributed by atoms with Gasteiger partial charge in [0.1, 0.15) is 0 Å². The fourth-order valence-electron chi connectivity index (χ4n) is 4.14. The number of ketones is 1. The highest BCUT2D eigenvalue weighted by Gasteiger charge is 2.15. The molecule has 6 heteroatoms. The third-order valence-electron chi connectivity index (χ3n) is 6.02. The molecule has 1 fully saturated rings. The van der Waals surface area contributed by atoms with E-state index in [1.807, 2.05) is 0 Å². The minimum Gasteiger partial charge on any atom is -0.490 e. The van der Waals surface area contributed by atoms with Crippen LogP contribution in [0.5, 0.6) is 11.5 Å². The number of nitrogens with zero attached hydrogens (tertiary/aromatic N) is 1. The first-order valence-electron chi connectivity index (χ1n) is 11.7. The Hall–Kier alpha value is -2.86. The highest BCUT2D eigenvalue weighted by Crippen LogP contribution is 2.30. The molecule has 0 unspecified atom stereocenters. The number of rotatable bonds is 8. The molecule has 0 saturated carbocycles. The van der Waals surface area contributed by atoms with E-state index in [2.05, 4.69) is 34.5 Å². The van der Waals surface area contributed by atoms with Gasteiger partial charge in [-0.05, 0) is 55.3 Å². The van der Waals surface area contributed by atoms with E-state index in [1.165, 1.54) is 37.9 Å². The minimum atomic E-state index is -0.120. The molecule has 2 aliphatic rings. The number of hydrogen-bond donors (Lipinski definition) is 1. The van der Waals surface area contributed by atoms with Crippen LogP contribution in [0.4, 0.5) is 0 Å². The predicted octanol–water partition coefficient (Wildman–Crippen LogP) is 4.11. The Morgan fingerprint density at radius 1 is 0.812 bits per heavy atom. The van der Waals surface area contributed by atoms with Gasteiger partial charge in [0.2, 0.25) is 5.91 Å². The summed E-state index contributed by atoms with van der Waals surface area (Å²) in [6, 6.07) is 13.6. The molecule has 2 aliphatic heterocycles. The van der Waals surface area contributed by atoms with E-state index in [1.54, 1.807) is 18.2 Å². The molecule has 0 spiro atoms. The van der Waals surface area contributed by atoms with Crippen molar-refractivity contribution in [3.8, 4) is 11.5 Å². The second kappa shape index (κ2) is 11.1. The van der Waals surface area contributed by atoms with Crippen LogP contribution >= 0.6 is 0 Å². The van der Waals surface area contributed by atoms with Crippen molar-refractivity contribution < 1.29 is 19.1 Å². The zero-order chi connectivity index (χ0) is 22.2. The number of ether oxygens (including phenoxy) is 2. The van der Waals surface area contributed by atoms with E-state index >= 15 is 0 Å². The van der Waals surface area contributed by atoms with Crippen LogP contribution in [0.25, 0.3) is 0 Å². The average Bonchev–Trinajstić information content (AvgIpc) is 3.07. The van der Waals surface area contributed by atoms with Crippen LogP contribution in [0, 0.1) is 0 Å². The molecule has 0 bridgehead atoms. The summed E-state index contributed by atoms with van der Waals surface area (Å²) in [5, 5.41) is 2.92. The van der Waals surface area contributed by atoms with Crippen molar-refractivity contribution in [1.29, 1.82) is 0 Å². The molecule has 2 aromatic carbocycles. The number of piperidine rings is 1. The Morgan fingerprint density at radius 2 is 1.53 bits per heavy atom. The number of nitrogens with one attached hydrogen (secondary N) is 1. The van der Waals surface area contributed by atoms with Crippen molar-refractivity contribution >= 4 is 11.7 Å². The van der Waals surface area contributed by atoms with Crippen molar-refractivity contribution in [2.24, 2.45) is 0 Å². The summed E-state index contributed by atoms with van der Waals surface area (Å²) in [4.78, 5) is 27.3. The zero-order valence-corrected chi connectivity index (χ0v) is 18.6. The summed E-state index contributed by atoms with van der Waals surface area (Å²) in [5.74, 6) is 1.07. The number of carbonyl (C=O) groups is 2. The molecule has 0 atom stereocenters. The Labute approximate surface area is 189 Å². The van der Waals surface area contributed by atoms with Crippen molar-refractivity contribution in [3.63, 3.8) is 0 Å². The van der Waals surface area contributed by atoms with E-state index in [4.69, 9.17) is 9.47 Å². The average molecular weight is 437 g/mol. The summed E-state index contributed by atoms with van der Waals surface area (Å²) in [6.07, 6.45) is 5.08. The maximum atomic E-state index is 12.5. The summed E-state index contributed by atoms with van der Waals surface area (Å²) in [7, 11) is 0. The van der Waals surface area contributed by atoms with Crippen LogP contribution in [0.15, 0.2) is 42.5 Å². The second-order valence-electron chi connectivity index (χ2n) is 8.57. The first-order chi connectivity index (χ1) is 15.7.